The maximum atomic E-state index is 4.05. The number of allylic oxidation sites excluding steroid dienone is 1. The van der Waals surface area contributed by atoms with Gasteiger partial charge >= 0.3 is 0 Å². The molecule has 0 N–H and O–H groups in total. The molecule has 0 amide bonds. The zero-order chi connectivity index (χ0) is 8.06. The Morgan fingerprint density at radius 1 is 1.55 bits per heavy atom. The molecule has 0 saturated heterocycles. The summed E-state index contributed by atoms with van der Waals surface area (Å²) in [5.74, 6) is 1.91. The van der Waals surface area contributed by atoms with Gasteiger partial charge in [-0.25, -0.2) is 0 Å². The second kappa shape index (κ2) is 2.12. The standard InChI is InChI=1S/C11H18/c1-8(2)9-4-5-11(3)7-10(11)6-9/h9-10H,1,4-7H2,2-3H3/t9-,10+,11-/m1/s1. The molecule has 0 heterocycles. The summed E-state index contributed by atoms with van der Waals surface area (Å²) in [6.07, 6.45) is 5.79. The first-order chi connectivity index (χ1) is 5.12. The number of fused-ring (bicyclic) bond motifs is 1. The van der Waals surface area contributed by atoms with Gasteiger partial charge in [0.1, 0.15) is 0 Å². The fourth-order valence-electron chi connectivity index (χ4n) is 2.59. The third-order valence-electron chi connectivity index (χ3n) is 3.87. The van der Waals surface area contributed by atoms with Crippen LogP contribution in [-0.2, 0) is 0 Å². The number of rotatable bonds is 1. The van der Waals surface area contributed by atoms with Crippen LogP contribution in [0, 0.1) is 17.3 Å². The Morgan fingerprint density at radius 3 is 2.82 bits per heavy atom. The average molecular weight is 150 g/mol. The van der Waals surface area contributed by atoms with E-state index in [2.05, 4.69) is 20.4 Å². The van der Waals surface area contributed by atoms with Crippen LogP contribution in [-0.4, -0.2) is 0 Å². The van der Waals surface area contributed by atoms with E-state index >= 15 is 0 Å². The van der Waals surface area contributed by atoms with Crippen molar-refractivity contribution >= 4 is 0 Å². The fourth-order valence-corrected chi connectivity index (χ4v) is 2.59. The lowest BCUT2D eigenvalue weighted by atomic mass is 9.80. The number of hydrogen-bond acceptors (Lipinski definition) is 0. The number of hydrogen-bond donors (Lipinski definition) is 0. The van der Waals surface area contributed by atoms with Crippen LogP contribution in [0.1, 0.15) is 39.5 Å². The molecule has 0 bridgehead atoms. The smallest absolute Gasteiger partial charge is 0.0206 e. The lowest BCUT2D eigenvalue weighted by molar-refractivity contribution is 0.307. The van der Waals surface area contributed by atoms with Gasteiger partial charge in [-0.15, -0.1) is 0 Å². The van der Waals surface area contributed by atoms with Crippen molar-refractivity contribution < 1.29 is 0 Å². The Morgan fingerprint density at radius 2 is 2.27 bits per heavy atom. The Bertz CT molecular complexity index is 192. The lowest BCUT2D eigenvalue weighted by Gasteiger charge is -2.25. The topological polar surface area (TPSA) is 0 Å². The van der Waals surface area contributed by atoms with Gasteiger partial charge in [-0.2, -0.15) is 0 Å². The lowest BCUT2D eigenvalue weighted by Crippen LogP contribution is -2.14. The quantitative estimate of drug-likeness (QED) is 0.503. The Kier molecular flexibility index (Phi) is 1.42. The normalized spacial score (nSPS) is 48.2. The summed E-state index contributed by atoms with van der Waals surface area (Å²) in [4.78, 5) is 0. The van der Waals surface area contributed by atoms with Gasteiger partial charge in [-0.3, -0.25) is 0 Å². The Labute approximate surface area is 69.7 Å². The van der Waals surface area contributed by atoms with Crippen molar-refractivity contribution in [3.63, 3.8) is 0 Å². The monoisotopic (exact) mass is 150 g/mol. The molecule has 0 nitrogen and oxygen atoms in total. The third-order valence-corrected chi connectivity index (χ3v) is 3.87. The first-order valence-electron chi connectivity index (χ1n) is 4.77. The molecule has 0 unspecified atom stereocenters. The molecule has 3 atom stereocenters. The van der Waals surface area contributed by atoms with E-state index in [-0.39, 0.29) is 0 Å². The summed E-state index contributed by atoms with van der Waals surface area (Å²) < 4.78 is 0. The van der Waals surface area contributed by atoms with Crippen LogP contribution in [0.2, 0.25) is 0 Å². The molecular weight excluding hydrogens is 132 g/mol. The van der Waals surface area contributed by atoms with Crippen LogP contribution in [0.4, 0.5) is 0 Å². The summed E-state index contributed by atoms with van der Waals surface area (Å²) in [5.41, 5.74) is 2.19. The minimum atomic E-state index is 0.770. The first kappa shape index (κ1) is 7.39. The highest BCUT2D eigenvalue weighted by Crippen LogP contribution is 2.62. The SMILES string of the molecule is C=C(C)[C@@H]1CC[C@]2(C)C[C@@H]2C1. The third kappa shape index (κ3) is 1.13. The maximum Gasteiger partial charge on any atom is -0.0206 e. The molecule has 2 saturated carbocycles. The second-order valence-electron chi connectivity index (χ2n) is 4.87. The first-order valence-corrected chi connectivity index (χ1v) is 4.77. The van der Waals surface area contributed by atoms with E-state index in [9.17, 15) is 0 Å². The van der Waals surface area contributed by atoms with E-state index in [4.69, 9.17) is 0 Å². The van der Waals surface area contributed by atoms with E-state index in [1.807, 2.05) is 0 Å². The van der Waals surface area contributed by atoms with Gasteiger partial charge in [0.05, 0.1) is 0 Å². The molecule has 0 heteroatoms. The van der Waals surface area contributed by atoms with Crippen LogP contribution in [0.25, 0.3) is 0 Å². The maximum absolute atomic E-state index is 4.05. The fraction of sp³-hybridized carbons (Fsp3) is 0.818. The summed E-state index contributed by atoms with van der Waals surface area (Å²) in [7, 11) is 0. The molecule has 0 aromatic rings. The van der Waals surface area contributed by atoms with Crippen LogP contribution in [0.3, 0.4) is 0 Å². The van der Waals surface area contributed by atoms with Crippen molar-refractivity contribution in [1.82, 2.24) is 0 Å². The molecule has 2 aliphatic rings. The largest absolute Gasteiger partial charge is 0.0999 e. The van der Waals surface area contributed by atoms with Crippen LogP contribution in [0.5, 0.6) is 0 Å². The van der Waals surface area contributed by atoms with Crippen molar-refractivity contribution in [2.75, 3.05) is 0 Å². The zero-order valence-corrected chi connectivity index (χ0v) is 7.69. The minimum absolute atomic E-state index is 0.770. The zero-order valence-electron chi connectivity index (χ0n) is 7.69. The predicted molar refractivity (Wildman–Crippen MR) is 48.4 cm³/mol. The molecule has 0 aromatic carbocycles. The van der Waals surface area contributed by atoms with Crippen LogP contribution >= 0.6 is 0 Å². The van der Waals surface area contributed by atoms with Gasteiger partial charge in [0, 0.05) is 0 Å². The molecule has 62 valence electrons. The van der Waals surface area contributed by atoms with Crippen molar-refractivity contribution in [1.29, 1.82) is 0 Å². The second-order valence-corrected chi connectivity index (χ2v) is 4.87. The van der Waals surface area contributed by atoms with Gasteiger partial charge < -0.3 is 0 Å². The highest BCUT2D eigenvalue weighted by molar-refractivity contribution is 5.09. The average Bonchev–Trinajstić information content (AvgIpc) is 2.58. The van der Waals surface area contributed by atoms with E-state index in [0.29, 0.717) is 0 Å². The van der Waals surface area contributed by atoms with Gasteiger partial charge in [-0.1, -0.05) is 19.1 Å². The highest BCUT2D eigenvalue weighted by Gasteiger charge is 2.52. The van der Waals surface area contributed by atoms with Crippen molar-refractivity contribution in [2.45, 2.75) is 39.5 Å². The van der Waals surface area contributed by atoms with Gasteiger partial charge in [0.25, 0.3) is 0 Å². The molecule has 2 rings (SSSR count). The molecule has 0 aromatic heterocycles. The van der Waals surface area contributed by atoms with Crippen LogP contribution in [0.15, 0.2) is 12.2 Å². The van der Waals surface area contributed by atoms with E-state index < -0.39 is 0 Å². The molecule has 11 heavy (non-hydrogen) atoms. The molecule has 2 aliphatic carbocycles. The van der Waals surface area contributed by atoms with Crippen molar-refractivity contribution in [3.05, 3.63) is 12.2 Å². The van der Waals surface area contributed by atoms with Gasteiger partial charge in [-0.05, 0) is 49.9 Å². The summed E-state index contributed by atoms with van der Waals surface area (Å²) in [6.45, 7) is 8.70. The summed E-state index contributed by atoms with van der Waals surface area (Å²) >= 11 is 0. The molecule has 0 radical (unpaired) electrons. The molecule has 0 aliphatic heterocycles. The van der Waals surface area contributed by atoms with Gasteiger partial charge in [0.15, 0.2) is 0 Å². The predicted octanol–water partition coefficient (Wildman–Crippen LogP) is 3.39. The van der Waals surface area contributed by atoms with E-state index in [1.54, 1.807) is 0 Å². The highest BCUT2D eigenvalue weighted by atomic mass is 14.6. The van der Waals surface area contributed by atoms with Crippen molar-refractivity contribution in [3.8, 4) is 0 Å². The summed E-state index contributed by atoms with van der Waals surface area (Å²) in [6, 6.07) is 0. The Hall–Kier alpha value is -0.260. The molecular formula is C11H18. The van der Waals surface area contributed by atoms with E-state index in [1.165, 1.54) is 31.3 Å². The van der Waals surface area contributed by atoms with Gasteiger partial charge in [0.2, 0.25) is 0 Å². The molecule has 0 spiro atoms. The summed E-state index contributed by atoms with van der Waals surface area (Å²) in [5, 5.41) is 0. The van der Waals surface area contributed by atoms with E-state index in [0.717, 1.165) is 17.3 Å². The minimum Gasteiger partial charge on any atom is -0.0999 e. The molecule has 2 fully saturated rings. The Balaban J connectivity index is 1.98. The van der Waals surface area contributed by atoms with Crippen molar-refractivity contribution in [2.24, 2.45) is 17.3 Å². The van der Waals surface area contributed by atoms with Crippen LogP contribution < -0.4 is 0 Å².